The molecular weight excluding hydrogens is 706 g/mol. The molecule has 6 rings (SSSR count). The number of ether oxygens (including phenoxy) is 1. The highest BCUT2D eigenvalue weighted by Gasteiger charge is 2.48. The fourth-order valence-corrected chi connectivity index (χ4v) is 7.52. The van der Waals surface area contributed by atoms with Gasteiger partial charge in [0.15, 0.2) is 5.60 Å². The van der Waals surface area contributed by atoms with Crippen molar-refractivity contribution in [3.63, 3.8) is 0 Å². The quantitative estimate of drug-likeness (QED) is 0.0900. The summed E-state index contributed by atoms with van der Waals surface area (Å²) in [5.74, 6) is -0.655. The summed E-state index contributed by atoms with van der Waals surface area (Å²) in [6, 6.07) is 32.6. The zero-order valence-electron chi connectivity index (χ0n) is 28.6. The Hall–Kier alpha value is -4.19. The van der Waals surface area contributed by atoms with Crippen LogP contribution in [0.1, 0.15) is 49.3 Å². The molecule has 1 heterocycles. The van der Waals surface area contributed by atoms with Crippen LogP contribution >= 0.6 is 46.4 Å². The Balaban J connectivity index is 1.77. The van der Waals surface area contributed by atoms with E-state index in [0.29, 0.717) is 5.56 Å². The molecule has 0 aromatic heterocycles. The molecule has 1 aliphatic rings. The summed E-state index contributed by atoms with van der Waals surface area (Å²) in [6.07, 6.45) is 3.92. The van der Waals surface area contributed by atoms with E-state index in [4.69, 9.17) is 51.1 Å². The summed E-state index contributed by atoms with van der Waals surface area (Å²) >= 11 is 27.2. The van der Waals surface area contributed by atoms with Crippen LogP contribution in [0, 0.1) is 13.8 Å². The molecule has 8 heteroatoms. The Kier molecular flexibility index (Phi) is 10.1. The molecule has 0 saturated heterocycles. The van der Waals surface area contributed by atoms with E-state index < -0.39 is 11.6 Å². The number of rotatable bonds is 8. The minimum atomic E-state index is -1.57. The Labute approximate surface area is 314 Å². The summed E-state index contributed by atoms with van der Waals surface area (Å²) in [6.45, 7) is 4.14. The van der Waals surface area contributed by atoms with Crippen molar-refractivity contribution >= 4 is 74.9 Å². The monoisotopic (exact) mass is 740 g/mol. The SMILES string of the molecule is Cc1cc(N(C)C)ccc1C(=CC1(C=C(c2ccccc2)c2ccc(N(C)C)cc2C)OC(=O)c2c(Cl)c(Cl)c(Cl)c(Cl)c21)c1ccccc1. The van der Waals surface area contributed by atoms with Gasteiger partial charge >= 0.3 is 5.97 Å². The lowest BCUT2D eigenvalue weighted by Gasteiger charge is -2.28. The maximum Gasteiger partial charge on any atom is 0.341 e. The molecule has 0 bridgehead atoms. The third kappa shape index (κ3) is 6.54. The van der Waals surface area contributed by atoms with E-state index in [1.807, 2.05) is 101 Å². The Bertz CT molecular complexity index is 2060. The van der Waals surface area contributed by atoms with Crippen molar-refractivity contribution in [3.05, 3.63) is 174 Å². The lowest BCUT2D eigenvalue weighted by Crippen LogP contribution is -2.23. The van der Waals surface area contributed by atoms with E-state index in [9.17, 15) is 4.79 Å². The fourth-order valence-electron chi connectivity index (χ4n) is 6.44. The van der Waals surface area contributed by atoms with Crippen LogP contribution in [0.25, 0.3) is 11.1 Å². The van der Waals surface area contributed by atoms with Crippen molar-refractivity contribution in [3.8, 4) is 0 Å². The van der Waals surface area contributed by atoms with Crippen LogP contribution in [0.5, 0.6) is 0 Å². The molecule has 1 aliphatic heterocycles. The van der Waals surface area contributed by atoms with Gasteiger partial charge in [0.1, 0.15) is 0 Å². The topological polar surface area (TPSA) is 32.8 Å². The van der Waals surface area contributed by atoms with E-state index in [1.165, 1.54) is 0 Å². The minimum Gasteiger partial charge on any atom is -0.442 e. The van der Waals surface area contributed by atoms with E-state index in [0.717, 1.165) is 55.9 Å². The minimum absolute atomic E-state index is 0.00500. The maximum atomic E-state index is 14.1. The number of fused-ring (bicyclic) bond motifs is 1. The Morgan fingerprint density at radius 2 is 1.02 bits per heavy atom. The van der Waals surface area contributed by atoms with Gasteiger partial charge in [-0.15, -0.1) is 0 Å². The smallest absolute Gasteiger partial charge is 0.341 e. The second kappa shape index (κ2) is 14.2. The van der Waals surface area contributed by atoms with Crippen molar-refractivity contribution in [2.45, 2.75) is 19.4 Å². The van der Waals surface area contributed by atoms with Crippen molar-refractivity contribution in [2.75, 3.05) is 38.0 Å². The van der Waals surface area contributed by atoms with Crippen molar-refractivity contribution in [1.82, 2.24) is 0 Å². The van der Waals surface area contributed by atoms with Crippen LogP contribution < -0.4 is 9.80 Å². The van der Waals surface area contributed by atoms with Crippen LogP contribution in [0.3, 0.4) is 0 Å². The average molecular weight is 743 g/mol. The van der Waals surface area contributed by atoms with Gasteiger partial charge in [-0.2, -0.15) is 0 Å². The number of hydrogen-bond donors (Lipinski definition) is 0. The van der Waals surface area contributed by atoms with Gasteiger partial charge in [0.05, 0.1) is 25.7 Å². The van der Waals surface area contributed by atoms with Gasteiger partial charge in [0.2, 0.25) is 0 Å². The molecule has 0 spiro atoms. The molecule has 0 radical (unpaired) electrons. The fraction of sp³-hybridized carbons (Fsp3) is 0.167. The predicted octanol–water partition coefficient (Wildman–Crippen LogP) is 11.7. The number of carbonyl (C=O) groups excluding carboxylic acids is 1. The first-order valence-electron chi connectivity index (χ1n) is 16.1. The van der Waals surface area contributed by atoms with Crippen LogP contribution in [-0.4, -0.2) is 34.2 Å². The Morgan fingerprint density at radius 1 is 0.600 bits per heavy atom. The van der Waals surface area contributed by atoms with Crippen molar-refractivity contribution < 1.29 is 9.53 Å². The van der Waals surface area contributed by atoms with Crippen molar-refractivity contribution in [1.29, 1.82) is 0 Å². The molecule has 0 fully saturated rings. The lowest BCUT2D eigenvalue weighted by atomic mass is 9.82. The Morgan fingerprint density at radius 3 is 1.42 bits per heavy atom. The van der Waals surface area contributed by atoms with Crippen LogP contribution in [0.4, 0.5) is 11.4 Å². The molecule has 5 aromatic carbocycles. The average Bonchev–Trinajstić information content (AvgIpc) is 3.39. The normalized spacial score (nSPS) is 15.9. The standard InChI is InChI=1S/C42H36Cl4N2O2/c1-25-21-29(47(3)4)17-19-31(25)33(27-13-9-7-10-14-27)23-42(36-35(41(49)50-42)37(43)39(45)40(46)38(36)44)24-34(28-15-11-8-12-16-28)32-20-18-30(48(5)6)22-26(32)2/h7-24H,1-6H3. The first-order valence-corrected chi connectivity index (χ1v) is 17.6. The van der Waals surface area contributed by atoms with Gasteiger partial charge < -0.3 is 14.5 Å². The molecule has 50 heavy (non-hydrogen) atoms. The number of esters is 1. The number of halogens is 4. The summed E-state index contributed by atoms with van der Waals surface area (Å²) in [7, 11) is 8.04. The number of cyclic esters (lactones) is 1. The number of benzene rings is 5. The zero-order valence-corrected chi connectivity index (χ0v) is 31.6. The molecule has 254 valence electrons. The van der Waals surface area contributed by atoms with E-state index in [1.54, 1.807) is 0 Å². The summed E-state index contributed by atoms with van der Waals surface area (Å²) < 4.78 is 6.55. The summed E-state index contributed by atoms with van der Waals surface area (Å²) in [5.41, 5.74) is 8.43. The summed E-state index contributed by atoms with van der Waals surface area (Å²) in [5, 5.41) is 0.121. The van der Waals surface area contributed by atoms with Crippen LogP contribution in [-0.2, 0) is 10.3 Å². The largest absolute Gasteiger partial charge is 0.442 e. The highest BCUT2D eigenvalue weighted by atomic mass is 35.5. The number of aryl methyl sites for hydroxylation is 2. The van der Waals surface area contributed by atoms with Gasteiger partial charge in [-0.3, -0.25) is 0 Å². The number of carbonyl (C=O) groups is 1. The van der Waals surface area contributed by atoms with Crippen molar-refractivity contribution in [2.24, 2.45) is 0 Å². The molecule has 0 saturated carbocycles. The van der Waals surface area contributed by atoms with E-state index >= 15 is 0 Å². The molecule has 4 nitrogen and oxygen atoms in total. The lowest BCUT2D eigenvalue weighted by molar-refractivity contribution is 0.0300. The van der Waals surface area contributed by atoms with Gasteiger partial charge in [0, 0.05) is 45.1 Å². The molecular formula is C42H36Cl4N2O2. The molecule has 0 atom stereocenters. The molecule has 0 aliphatic carbocycles. The maximum absolute atomic E-state index is 14.1. The summed E-state index contributed by atoms with van der Waals surface area (Å²) in [4.78, 5) is 18.2. The second-order valence-corrected chi connectivity index (χ2v) is 14.3. The van der Waals surface area contributed by atoms with Gasteiger partial charge in [0.25, 0.3) is 0 Å². The molecule has 5 aromatic rings. The first kappa shape index (κ1) is 35.6. The first-order chi connectivity index (χ1) is 23.8. The van der Waals surface area contributed by atoms with Gasteiger partial charge in [-0.1, -0.05) is 119 Å². The molecule has 0 unspecified atom stereocenters. The third-order valence-electron chi connectivity index (χ3n) is 9.04. The van der Waals surface area contributed by atoms with E-state index in [-0.39, 0.29) is 25.7 Å². The molecule has 0 amide bonds. The number of nitrogens with zero attached hydrogens (tertiary/aromatic N) is 2. The number of hydrogen-bond acceptors (Lipinski definition) is 4. The van der Waals surface area contributed by atoms with Gasteiger partial charge in [-0.25, -0.2) is 4.79 Å². The zero-order chi connectivity index (χ0) is 35.9. The predicted molar refractivity (Wildman–Crippen MR) is 212 cm³/mol. The van der Waals surface area contributed by atoms with Crippen LogP contribution in [0.15, 0.2) is 109 Å². The van der Waals surface area contributed by atoms with Gasteiger partial charge in [-0.05, 0) is 94.8 Å². The van der Waals surface area contributed by atoms with Crippen LogP contribution in [0.2, 0.25) is 20.1 Å². The molecule has 0 N–H and O–H groups in total. The highest BCUT2D eigenvalue weighted by molar-refractivity contribution is 6.53. The second-order valence-electron chi connectivity index (χ2n) is 12.8. The third-order valence-corrected chi connectivity index (χ3v) is 10.8. The highest BCUT2D eigenvalue weighted by Crippen LogP contribution is 2.53. The number of anilines is 2. The van der Waals surface area contributed by atoms with E-state index in [2.05, 4.69) is 60.0 Å².